The predicted molar refractivity (Wildman–Crippen MR) is 58.0 cm³/mol. The highest BCUT2D eigenvalue weighted by atomic mass is 15.3. The van der Waals surface area contributed by atoms with E-state index in [1.807, 2.05) is 13.8 Å². The van der Waals surface area contributed by atoms with Crippen molar-refractivity contribution in [3.05, 3.63) is 11.4 Å². The first-order valence-corrected chi connectivity index (χ1v) is 5.21. The first-order valence-electron chi connectivity index (χ1n) is 5.21. The normalized spacial score (nSPS) is 23.9. The van der Waals surface area contributed by atoms with E-state index in [1.165, 1.54) is 6.42 Å². The lowest BCUT2D eigenvalue weighted by Gasteiger charge is -2.05. The molecule has 1 aromatic heterocycles. The zero-order valence-electron chi connectivity index (χ0n) is 9.46. The SMILES string of the molecule is Cc1nn(CC2CC2(C)C)c(C)c1N. The molecule has 3 heteroatoms. The number of rotatable bonds is 2. The highest BCUT2D eigenvalue weighted by Crippen LogP contribution is 2.52. The molecule has 1 atom stereocenters. The topological polar surface area (TPSA) is 43.8 Å². The molecule has 1 unspecified atom stereocenters. The molecule has 1 aromatic rings. The zero-order valence-corrected chi connectivity index (χ0v) is 9.46. The monoisotopic (exact) mass is 193 g/mol. The van der Waals surface area contributed by atoms with Gasteiger partial charge in [-0.2, -0.15) is 5.10 Å². The fraction of sp³-hybridized carbons (Fsp3) is 0.727. The van der Waals surface area contributed by atoms with Crippen LogP contribution in [0, 0.1) is 25.2 Å². The molecule has 1 fully saturated rings. The Labute approximate surface area is 85.3 Å². The maximum absolute atomic E-state index is 5.88. The molecule has 78 valence electrons. The number of hydrogen-bond acceptors (Lipinski definition) is 2. The van der Waals surface area contributed by atoms with E-state index in [1.54, 1.807) is 0 Å². The molecule has 1 heterocycles. The summed E-state index contributed by atoms with van der Waals surface area (Å²) in [5, 5.41) is 4.45. The van der Waals surface area contributed by atoms with Crippen molar-refractivity contribution in [2.45, 2.75) is 40.7 Å². The highest BCUT2D eigenvalue weighted by Gasteiger charge is 2.45. The number of aromatic nitrogens is 2. The van der Waals surface area contributed by atoms with Crippen molar-refractivity contribution in [1.82, 2.24) is 9.78 Å². The second-order valence-corrected chi connectivity index (χ2v) is 5.16. The van der Waals surface area contributed by atoms with Crippen LogP contribution in [0.15, 0.2) is 0 Å². The van der Waals surface area contributed by atoms with Crippen molar-refractivity contribution in [3.8, 4) is 0 Å². The van der Waals surface area contributed by atoms with Crippen molar-refractivity contribution in [2.24, 2.45) is 11.3 Å². The van der Waals surface area contributed by atoms with E-state index in [0.717, 1.165) is 29.5 Å². The van der Waals surface area contributed by atoms with Gasteiger partial charge in [-0.3, -0.25) is 4.68 Å². The van der Waals surface area contributed by atoms with E-state index in [-0.39, 0.29) is 0 Å². The van der Waals surface area contributed by atoms with E-state index in [9.17, 15) is 0 Å². The number of aryl methyl sites for hydroxylation is 1. The summed E-state index contributed by atoms with van der Waals surface area (Å²) < 4.78 is 2.06. The van der Waals surface area contributed by atoms with Gasteiger partial charge in [0.2, 0.25) is 0 Å². The van der Waals surface area contributed by atoms with Gasteiger partial charge in [-0.05, 0) is 31.6 Å². The first-order chi connectivity index (χ1) is 6.42. The molecule has 0 aliphatic heterocycles. The average Bonchev–Trinajstić information content (AvgIpc) is 2.62. The second-order valence-electron chi connectivity index (χ2n) is 5.16. The Morgan fingerprint density at radius 2 is 2.07 bits per heavy atom. The highest BCUT2D eigenvalue weighted by molar-refractivity contribution is 5.46. The quantitative estimate of drug-likeness (QED) is 0.782. The zero-order chi connectivity index (χ0) is 10.5. The third-order valence-corrected chi connectivity index (χ3v) is 3.55. The van der Waals surface area contributed by atoms with Gasteiger partial charge in [-0.1, -0.05) is 13.8 Å². The van der Waals surface area contributed by atoms with Crippen LogP contribution in [0.25, 0.3) is 0 Å². The van der Waals surface area contributed by atoms with Gasteiger partial charge in [-0.15, -0.1) is 0 Å². The van der Waals surface area contributed by atoms with E-state index >= 15 is 0 Å². The van der Waals surface area contributed by atoms with E-state index in [2.05, 4.69) is 23.6 Å². The van der Waals surface area contributed by atoms with Crippen LogP contribution in [0.2, 0.25) is 0 Å². The first kappa shape index (κ1) is 9.56. The predicted octanol–water partition coefficient (Wildman–Crippen LogP) is 2.13. The van der Waals surface area contributed by atoms with Gasteiger partial charge in [0.05, 0.1) is 17.1 Å². The lowest BCUT2D eigenvalue weighted by atomic mass is 10.1. The Hall–Kier alpha value is -0.990. The third-order valence-electron chi connectivity index (χ3n) is 3.55. The number of nitrogen functional groups attached to an aromatic ring is 1. The lowest BCUT2D eigenvalue weighted by molar-refractivity contribution is 0.465. The molecule has 2 rings (SSSR count). The van der Waals surface area contributed by atoms with Crippen molar-refractivity contribution < 1.29 is 0 Å². The fourth-order valence-electron chi connectivity index (χ4n) is 1.99. The van der Waals surface area contributed by atoms with Crippen LogP contribution in [0.5, 0.6) is 0 Å². The fourth-order valence-corrected chi connectivity index (χ4v) is 1.99. The smallest absolute Gasteiger partial charge is 0.0825 e. The van der Waals surface area contributed by atoms with Crippen LogP contribution in [0.4, 0.5) is 5.69 Å². The Balaban J connectivity index is 2.15. The van der Waals surface area contributed by atoms with E-state index in [4.69, 9.17) is 5.73 Å². The van der Waals surface area contributed by atoms with Crippen LogP contribution in [0.1, 0.15) is 31.7 Å². The van der Waals surface area contributed by atoms with Gasteiger partial charge >= 0.3 is 0 Å². The Bertz CT molecular complexity index is 363. The van der Waals surface area contributed by atoms with Crippen molar-refractivity contribution in [2.75, 3.05) is 5.73 Å². The Morgan fingerprint density at radius 1 is 1.50 bits per heavy atom. The summed E-state index contributed by atoms with van der Waals surface area (Å²) in [6.45, 7) is 9.66. The second kappa shape index (κ2) is 2.75. The minimum atomic E-state index is 0.515. The van der Waals surface area contributed by atoms with Crippen LogP contribution >= 0.6 is 0 Å². The third kappa shape index (κ3) is 1.41. The van der Waals surface area contributed by atoms with Gasteiger partial charge < -0.3 is 5.73 Å². The van der Waals surface area contributed by atoms with Gasteiger partial charge in [0.25, 0.3) is 0 Å². The molecule has 1 aliphatic carbocycles. The molecule has 0 bridgehead atoms. The standard InChI is InChI=1S/C11H19N3/c1-7-10(12)8(2)14(13-7)6-9-5-11(9,3)4/h9H,5-6,12H2,1-4H3. The molecule has 0 saturated heterocycles. The number of nitrogens with two attached hydrogens (primary N) is 1. The summed E-state index contributed by atoms with van der Waals surface area (Å²) in [6, 6.07) is 0. The van der Waals surface area contributed by atoms with Gasteiger partial charge in [0, 0.05) is 6.54 Å². The summed E-state index contributed by atoms with van der Waals surface area (Å²) in [7, 11) is 0. The molecular weight excluding hydrogens is 174 g/mol. The molecule has 1 aliphatic rings. The maximum atomic E-state index is 5.88. The van der Waals surface area contributed by atoms with Gasteiger partial charge in [-0.25, -0.2) is 0 Å². The average molecular weight is 193 g/mol. The van der Waals surface area contributed by atoms with E-state index in [0.29, 0.717) is 5.41 Å². The van der Waals surface area contributed by atoms with E-state index < -0.39 is 0 Å². The maximum Gasteiger partial charge on any atom is 0.0825 e. The molecule has 0 spiro atoms. The molecule has 3 nitrogen and oxygen atoms in total. The summed E-state index contributed by atoms with van der Waals surface area (Å²) in [5.74, 6) is 0.778. The van der Waals surface area contributed by atoms with Crippen molar-refractivity contribution >= 4 is 5.69 Å². The summed E-state index contributed by atoms with van der Waals surface area (Å²) in [5.41, 5.74) is 9.32. The van der Waals surface area contributed by atoms with Crippen molar-refractivity contribution in [3.63, 3.8) is 0 Å². The van der Waals surface area contributed by atoms with Crippen LogP contribution in [-0.4, -0.2) is 9.78 Å². The molecule has 2 N–H and O–H groups in total. The molecule has 14 heavy (non-hydrogen) atoms. The van der Waals surface area contributed by atoms with Crippen LogP contribution in [-0.2, 0) is 6.54 Å². The van der Waals surface area contributed by atoms with Gasteiger partial charge in [0.1, 0.15) is 0 Å². The van der Waals surface area contributed by atoms with Crippen molar-refractivity contribution in [1.29, 1.82) is 0 Å². The van der Waals surface area contributed by atoms with Crippen LogP contribution < -0.4 is 5.73 Å². The number of anilines is 1. The largest absolute Gasteiger partial charge is 0.396 e. The summed E-state index contributed by atoms with van der Waals surface area (Å²) in [6.07, 6.45) is 1.31. The minimum absolute atomic E-state index is 0.515. The number of hydrogen-bond donors (Lipinski definition) is 1. The minimum Gasteiger partial charge on any atom is -0.396 e. The molecular formula is C11H19N3. The Kier molecular flexibility index (Phi) is 1.88. The number of nitrogens with zero attached hydrogens (tertiary/aromatic N) is 2. The summed E-state index contributed by atoms with van der Waals surface area (Å²) in [4.78, 5) is 0. The van der Waals surface area contributed by atoms with Gasteiger partial charge in [0.15, 0.2) is 0 Å². The molecule has 0 aromatic carbocycles. The molecule has 1 saturated carbocycles. The lowest BCUT2D eigenvalue weighted by Crippen LogP contribution is -2.07. The Morgan fingerprint density at radius 3 is 2.43 bits per heavy atom. The molecule has 0 amide bonds. The van der Waals surface area contributed by atoms with Crippen LogP contribution in [0.3, 0.4) is 0 Å². The molecule has 0 radical (unpaired) electrons. The summed E-state index contributed by atoms with van der Waals surface area (Å²) >= 11 is 0.